The van der Waals surface area contributed by atoms with E-state index < -0.39 is 0 Å². The van der Waals surface area contributed by atoms with Crippen molar-refractivity contribution in [2.24, 2.45) is 0 Å². The second-order valence-electron chi connectivity index (χ2n) is 9.25. The van der Waals surface area contributed by atoms with Gasteiger partial charge in [0, 0.05) is 28.1 Å². The van der Waals surface area contributed by atoms with Crippen molar-refractivity contribution >= 4 is 33.0 Å². The zero-order chi connectivity index (χ0) is 26.2. The van der Waals surface area contributed by atoms with Crippen molar-refractivity contribution in [3.8, 4) is 34.1 Å². The first kappa shape index (κ1) is 22.8. The molecule has 3 aromatic heterocycles. The monoisotopic (exact) mass is 505 g/mol. The van der Waals surface area contributed by atoms with Crippen LogP contribution >= 0.6 is 0 Å². The summed E-state index contributed by atoms with van der Waals surface area (Å²) in [6.45, 7) is 0. The standard InChI is InChI=1S/C34H23N3O2/c38-31-15-4-1-11-26(31)28-13-9-18-34(36-28)37-29-14-3-6-17-33(29)39-32-16-5-2-10-25(32)24-20-19-23(22-30(24)37)27-12-7-8-21-35-27/h1-22,38H. The molecule has 0 aliphatic rings. The minimum atomic E-state index is 0.185. The van der Waals surface area contributed by atoms with E-state index in [-0.39, 0.29) is 5.75 Å². The molecule has 0 saturated heterocycles. The van der Waals surface area contributed by atoms with Gasteiger partial charge in [-0.1, -0.05) is 66.7 Å². The molecule has 3 heterocycles. The highest BCUT2D eigenvalue weighted by atomic mass is 16.3. The van der Waals surface area contributed by atoms with Crippen molar-refractivity contribution in [2.45, 2.75) is 0 Å². The molecule has 39 heavy (non-hydrogen) atoms. The number of fused-ring (bicyclic) bond motifs is 4. The highest BCUT2D eigenvalue weighted by Crippen LogP contribution is 2.33. The molecule has 0 bridgehead atoms. The molecule has 0 saturated carbocycles. The number of aromatic hydroxyl groups is 1. The van der Waals surface area contributed by atoms with Crippen molar-refractivity contribution < 1.29 is 9.52 Å². The van der Waals surface area contributed by atoms with Crippen LogP contribution in [-0.2, 0) is 0 Å². The van der Waals surface area contributed by atoms with E-state index in [1.54, 1.807) is 18.3 Å². The largest absolute Gasteiger partial charge is 0.507 e. The van der Waals surface area contributed by atoms with E-state index in [1.165, 1.54) is 0 Å². The van der Waals surface area contributed by atoms with Gasteiger partial charge >= 0.3 is 0 Å². The molecular formula is C34H23N3O2. The molecule has 7 aromatic rings. The lowest BCUT2D eigenvalue weighted by molar-refractivity contribution is 0.477. The van der Waals surface area contributed by atoms with Gasteiger partial charge < -0.3 is 9.52 Å². The van der Waals surface area contributed by atoms with Crippen LogP contribution in [0.15, 0.2) is 138 Å². The Balaban J connectivity index is 1.66. The Hall–Kier alpha value is -5.42. The fourth-order valence-electron chi connectivity index (χ4n) is 5.03. The van der Waals surface area contributed by atoms with E-state index in [9.17, 15) is 5.11 Å². The third kappa shape index (κ3) is 4.06. The van der Waals surface area contributed by atoms with E-state index >= 15 is 0 Å². The van der Waals surface area contributed by atoms with E-state index in [0.717, 1.165) is 38.6 Å². The summed E-state index contributed by atoms with van der Waals surface area (Å²) in [6.07, 6.45) is 1.81. The number of phenols is 1. The maximum absolute atomic E-state index is 10.6. The average Bonchev–Trinajstić information content (AvgIpc) is 2.98. The molecule has 0 amide bonds. The molecule has 0 aliphatic heterocycles. The lowest BCUT2D eigenvalue weighted by atomic mass is 10.0. The van der Waals surface area contributed by atoms with Gasteiger partial charge in [0.1, 0.15) is 17.2 Å². The van der Waals surface area contributed by atoms with Gasteiger partial charge in [-0.05, 0) is 60.7 Å². The van der Waals surface area contributed by atoms with Gasteiger partial charge in [-0.3, -0.25) is 9.55 Å². The predicted molar refractivity (Wildman–Crippen MR) is 156 cm³/mol. The predicted octanol–water partition coefficient (Wildman–Crippen LogP) is 8.48. The van der Waals surface area contributed by atoms with E-state index in [2.05, 4.69) is 33.8 Å². The van der Waals surface area contributed by atoms with E-state index in [0.29, 0.717) is 22.7 Å². The van der Waals surface area contributed by atoms with Crippen LogP contribution in [0.5, 0.6) is 5.75 Å². The molecule has 0 atom stereocenters. The molecule has 0 radical (unpaired) electrons. The number of rotatable bonds is 3. The Morgan fingerprint density at radius 2 is 1.36 bits per heavy atom. The summed E-state index contributed by atoms with van der Waals surface area (Å²) in [7, 11) is 0. The highest BCUT2D eigenvalue weighted by molar-refractivity contribution is 6.05. The Bertz CT molecular complexity index is 2040. The van der Waals surface area contributed by atoms with Gasteiger partial charge in [-0.15, -0.1) is 0 Å². The molecule has 5 heteroatoms. The third-order valence-electron chi connectivity index (χ3n) is 6.85. The number of para-hydroxylation sites is 4. The zero-order valence-corrected chi connectivity index (χ0v) is 20.9. The number of pyridine rings is 2. The molecule has 0 unspecified atom stereocenters. The number of hydrogen-bond acceptors (Lipinski definition) is 4. The molecule has 1 N–H and O–H groups in total. The van der Waals surface area contributed by atoms with Gasteiger partial charge in [0.25, 0.3) is 0 Å². The minimum absolute atomic E-state index is 0.185. The van der Waals surface area contributed by atoms with Crippen LogP contribution in [-0.4, -0.2) is 19.6 Å². The first-order valence-corrected chi connectivity index (χ1v) is 12.7. The number of benzene rings is 4. The van der Waals surface area contributed by atoms with Gasteiger partial charge in [-0.25, -0.2) is 4.98 Å². The highest BCUT2D eigenvalue weighted by Gasteiger charge is 2.13. The van der Waals surface area contributed by atoms with Crippen molar-refractivity contribution in [1.82, 2.24) is 14.5 Å². The first-order chi connectivity index (χ1) is 19.3. The van der Waals surface area contributed by atoms with Crippen molar-refractivity contribution in [2.75, 3.05) is 0 Å². The zero-order valence-electron chi connectivity index (χ0n) is 20.9. The molecule has 0 aliphatic carbocycles. The van der Waals surface area contributed by atoms with Crippen LogP contribution in [0.25, 0.3) is 61.3 Å². The second-order valence-corrected chi connectivity index (χ2v) is 9.25. The van der Waals surface area contributed by atoms with Crippen LogP contribution in [0.4, 0.5) is 0 Å². The van der Waals surface area contributed by atoms with E-state index in [1.807, 2.05) is 91.0 Å². The fraction of sp³-hybridized carbons (Fsp3) is 0. The number of aromatic nitrogens is 3. The molecule has 7 rings (SSSR count). The van der Waals surface area contributed by atoms with E-state index in [4.69, 9.17) is 9.40 Å². The number of phenolic OH excluding ortho intramolecular Hbond substituents is 1. The molecule has 186 valence electrons. The lowest BCUT2D eigenvalue weighted by Gasteiger charge is -2.16. The summed E-state index contributed by atoms with van der Waals surface area (Å²) >= 11 is 0. The molecule has 5 nitrogen and oxygen atoms in total. The second kappa shape index (κ2) is 9.47. The van der Waals surface area contributed by atoms with Gasteiger partial charge in [-0.2, -0.15) is 0 Å². The quantitative estimate of drug-likeness (QED) is 0.262. The van der Waals surface area contributed by atoms with Crippen LogP contribution in [0, 0.1) is 0 Å². The van der Waals surface area contributed by atoms with Gasteiger partial charge in [0.15, 0.2) is 5.58 Å². The van der Waals surface area contributed by atoms with Crippen LogP contribution in [0.2, 0.25) is 0 Å². The van der Waals surface area contributed by atoms with Crippen LogP contribution < -0.4 is 0 Å². The minimum Gasteiger partial charge on any atom is -0.507 e. The molecule has 0 spiro atoms. The number of nitrogens with zero attached hydrogens (tertiary/aromatic N) is 3. The van der Waals surface area contributed by atoms with Crippen LogP contribution in [0.3, 0.4) is 0 Å². The summed E-state index contributed by atoms with van der Waals surface area (Å²) in [5.74, 6) is 0.885. The SMILES string of the molecule is Oc1ccccc1-c1cccc(-n2c3ccccc3oc3ccccc3c3ccc(-c4ccccn4)cc32)n1. The van der Waals surface area contributed by atoms with Gasteiger partial charge in [0.05, 0.1) is 22.4 Å². The summed E-state index contributed by atoms with van der Waals surface area (Å²) in [5.41, 5.74) is 6.53. The average molecular weight is 506 g/mol. The van der Waals surface area contributed by atoms with Crippen LogP contribution in [0.1, 0.15) is 0 Å². The van der Waals surface area contributed by atoms with Crippen molar-refractivity contribution in [3.63, 3.8) is 0 Å². The number of hydrogen-bond donors (Lipinski definition) is 1. The molecule has 4 aromatic carbocycles. The summed E-state index contributed by atoms with van der Waals surface area (Å²) < 4.78 is 8.64. The fourth-order valence-corrected chi connectivity index (χ4v) is 5.03. The smallest absolute Gasteiger partial charge is 0.151 e. The van der Waals surface area contributed by atoms with Gasteiger partial charge in [0.2, 0.25) is 0 Å². The third-order valence-corrected chi connectivity index (χ3v) is 6.85. The summed E-state index contributed by atoms with van der Waals surface area (Å²) in [4.78, 5) is 9.65. The Kier molecular flexibility index (Phi) is 5.52. The first-order valence-electron chi connectivity index (χ1n) is 12.7. The lowest BCUT2D eigenvalue weighted by Crippen LogP contribution is -2.02. The maximum atomic E-state index is 10.6. The molecule has 0 fully saturated rings. The maximum Gasteiger partial charge on any atom is 0.151 e. The molecular weight excluding hydrogens is 482 g/mol. The topological polar surface area (TPSA) is 64.1 Å². The normalized spacial score (nSPS) is 11.2. The van der Waals surface area contributed by atoms with Crippen molar-refractivity contribution in [1.29, 1.82) is 0 Å². The Morgan fingerprint density at radius 3 is 2.23 bits per heavy atom. The summed E-state index contributed by atoms with van der Waals surface area (Å²) in [5, 5.41) is 12.5. The summed E-state index contributed by atoms with van der Waals surface area (Å²) in [6, 6.07) is 41.4. The Labute approximate surface area is 224 Å². The Morgan fingerprint density at radius 1 is 0.590 bits per heavy atom. The van der Waals surface area contributed by atoms with Crippen molar-refractivity contribution in [3.05, 3.63) is 134 Å².